The maximum atomic E-state index is 15.0. The molecular weight excluding hydrogens is 455 g/mol. The van der Waals surface area contributed by atoms with Crippen LogP contribution in [0.15, 0.2) is 47.5 Å². The molecule has 0 spiro atoms. The van der Waals surface area contributed by atoms with Gasteiger partial charge in [0.2, 0.25) is 5.91 Å². The van der Waals surface area contributed by atoms with Gasteiger partial charge in [0.05, 0.1) is 29.9 Å². The molecule has 2 N–H and O–H groups in total. The number of ether oxygens (including phenoxy) is 1. The van der Waals surface area contributed by atoms with E-state index in [9.17, 15) is 14.0 Å². The van der Waals surface area contributed by atoms with Crippen molar-refractivity contribution in [3.05, 3.63) is 53.8 Å². The van der Waals surface area contributed by atoms with E-state index in [1.807, 2.05) is 43.0 Å². The summed E-state index contributed by atoms with van der Waals surface area (Å²) < 4.78 is 20.2. The Morgan fingerprint density at radius 1 is 1.24 bits per heavy atom. The predicted octanol–water partition coefficient (Wildman–Crippen LogP) is 3.97. The minimum Gasteiger partial charge on any atom is -0.442 e. The summed E-state index contributed by atoms with van der Waals surface area (Å²) in [4.78, 5) is 29.2. The first kappa shape index (κ1) is 24.2. The summed E-state index contributed by atoms with van der Waals surface area (Å²) in [6.45, 7) is 7.69. The van der Waals surface area contributed by atoms with E-state index < -0.39 is 18.0 Å². The number of hydrogen-bond donors (Lipinski definition) is 2. The molecule has 2 aliphatic heterocycles. The van der Waals surface area contributed by atoms with Crippen molar-refractivity contribution in [3.8, 4) is 11.1 Å². The molecular formula is C25H29FN4O3S. The zero-order chi connectivity index (χ0) is 24.2. The standard InChI is InChI=1S/C25H29FN4O3S/c1-15-24(34-17(3)29-15)13-27-11-18-4-6-19(7-5-18)22-9-8-20(10-23(22)26)30-14-21(33-25(30)32)12-28-16(2)31/h4-10,15,21,24,27H,11-14H2,1-3H3,(H,28,31)/t15?,21-,24?/m0/s1. The monoisotopic (exact) mass is 484 g/mol. The topological polar surface area (TPSA) is 83.0 Å². The molecule has 180 valence electrons. The van der Waals surface area contributed by atoms with E-state index in [1.54, 1.807) is 12.1 Å². The van der Waals surface area contributed by atoms with Crippen LogP contribution in [0.1, 0.15) is 26.3 Å². The zero-order valence-corrected chi connectivity index (χ0v) is 20.3. The highest BCUT2D eigenvalue weighted by Gasteiger charge is 2.32. The lowest BCUT2D eigenvalue weighted by molar-refractivity contribution is -0.119. The van der Waals surface area contributed by atoms with Gasteiger partial charge in [0.1, 0.15) is 11.9 Å². The summed E-state index contributed by atoms with van der Waals surface area (Å²) in [6, 6.07) is 12.9. The normalized spacial score (nSPS) is 22.0. The molecule has 0 aromatic heterocycles. The molecule has 2 aliphatic rings. The molecule has 0 bridgehead atoms. The lowest BCUT2D eigenvalue weighted by atomic mass is 10.0. The molecule has 4 rings (SSSR count). The Hall–Kier alpha value is -2.91. The van der Waals surface area contributed by atoms with Crippen LogP contribution in [0, 0.1) is 5.82 Å². The van der Waals surface area contributed by atoms with Gasteiger partial charge in [-0.2, -0.15) is 0 Å². The quantitative estimate of drug-likeness (QED) is 0.593. The molecule has 1 saturated heterocycles. The number of nitrogens with one attached hydrogen (secondary N) is 2. The second-order valence-electron chi connectivity index (χ2n) is 8.59. The molecule has 2 aromatic carbocycles. The van der Waals surface area contributed by atoms with Crippen molar-refractivity contribution in [2.75, 3.05) is 24.5 Å². The Bertz CT molecular complexity index is 1090. The first-order chi connectivity index (χ1) is 16.3. The maximum Gasteiger partial charge on any atom is 0.414 e. The fourth-order valence-electron chi connectivity index (χ4n) is 4.09. The Balaban J connectivity index is 1.34. The number of amides is 2. The van der Waals surface area contributed by atoms with E-state index >= 15 is 0 Å². The molecule has 1 fully saturated rings. The third-order valence-electron chi connectivity index (χ3n) is 5.90. The Labute approximate surface area is 203 Å². The fraction of sp³-hybridized carbons (Fsp3) is 0.400. The minimum absolute atomic E-state index is 0.196. The summed E-state index contributed by atoms with van der Waals surface area (Å²) in [5.41, 5.74) is 2.79. The summed E-state index contributed by atoms with van der Waals surface area (Å²) in [7, 11) is 0. The van der Waals surface area contributed by atoms with Crippen molar-refractivity contribution in [2.45, 2.75) is 44.7 Å². The molecule has 0 aliphatic carbocycles. The van der Waals surface area contributed by atoms with E-state index in [2.05, 4.69) is 22.5 Å². The number of aliphatic imine (C=N–C) groups is 1. The molecule has 7 nitrogen and oxygen atoms in total. The van der Waals surface area contributed by atoms with E-state index in [1.165, 1.54) is 17.9 Å². The third kappa shape index (κ3) is 5.77. The van der Waals surface area contributed by atoms with Crippen LogP contribution >= 0.6 is 11.8 Å². The van der Waals surface area contributed by atoms with Gasteiger partial charge in [0.25, 0.3) is 0 Å². The lowest BCUT2D eigenvalue weighted by Crippen LogP contribution is -2.33. The van der Waals surface area contributed by atoms with Gasteiger partial charge in [-0.05, 0) is 43.2 Å². The summed E-state index contributed by atoms with van der Waals surface area (Å²) in [6.07, 6.45) is -1.02. The number of benzene rings is 2. The van der Waals surface area contributed by atoms with Crippen LogP contribution in [0.3, 0.4) is 0 Å². The van der Waals surface area contributed by atoms with Gasteiger partial charge in [0.15, 0.2) is 0 Å². The zero-order valence-electron chi connectivity index (χ0n) is 19.5. The summed E-state index contributed by atoms with van der Waals surface area (Å²) in [5, 5.41) is 7.72. The number of nitrogens with zero attached hydrogens (tertiary/aromatic N) is 2. The largest absolute Gasteiger partial charge is 0.442 e. The van der Waals surface area contributed by atoms with Crippen molar-refractivity contribution in [3.63, 3.8) is 0 Å². The van der Waals surface area contributed by atoms with E-state index in [0.29, 0.717) is 22.5 Å². The smallest absolute Gasteiger partial charge is 0.414 e. The van der Waals surface area contributed by atoms with Gasteiger partial charge in [-0.3, -0.25) is 14.7 Å². The van der Waals surface area contributed by atoms with Gasteiger partial charge in [0, 0.05) is 30.8 Å². The fourth-order valence-corrected chi connectivity index (χ4v) is 5.22. The summed E-state index contributed by atoms with van der Waals surface area (Å²) in [5.74, 6) is -0.608. The number of carbonyl (C=O) groups excluding carboxylic acids is 2. The number of anilines is 1. The molecule has 9 heteroatoms. The molecule has 0 radical (unpaired) electrons. The highest BCUT2D eigenvalue weighted by atomic mass is 32.2. The van der Waals surface area contributed by atoms with Crippen LogP contribution in [0.4, 0.5) is 14.9 Å². The first-order valence-electron chi connectivity index (χ1n) is 11.3. The molecule has 2 amide bonds. The number of hydrogen-bond acceptors (Lipinski definition) is 6. The average Bonchev–Trinajstić information content (AvgIpc) is 3.33. The second-order valence-corrected chi connectivity index (χ2v) is 10.0. The van der Waals surface area contributed by atoms with Crippen molar-refractivity contribution in [1.29, 1.82) is 0 Å². The number of rotatable bonds is 8. The Morgan fingerprint density at radius 3 is 2.65 bits per heavy atom. The van der Waals surface area contributed by atoms with Crippen molar-refractivity contribution in [1.82, 2.24) is 10.6 Å². The lowest BCUT2D eigenvalue weighted by Gasteiger charge is -2.15. The maximum absolute atomic E-state index is 15.0. The Morgan fingerprint density at radius 2 is 2.00 bits per heavy atom. The Kier molecular flexibility index (Phi) is 7.53. The number of cyclic esters (lactones) is 1. The molecule has 3 atom stereocenters. The average molecular weight is 485 g/mol. The van der Waals surface area contributed by atoms with Crippen LogP contribution in [-0.2, 0) is 16.1 Å². The predicted molar refractivity (Wildman–Crippen MR) is 134 cm³/mol. The van der Waals surface area contributed by atoms with Crippen molar-refractivity contribution in [2.24, 2.45) is 4.99 Å². The van der Waals surface area contributed by atoms with Crippen LogP contribution in [-0.4, -0.2) is 54.1 Å². The molecule has 34 heavy (non-hydrogen) atoms. The third-order valence-corrected chi connectivity index (χ3v) is 7.21. The number of carbonyl (C=O) groups is 2. The summed E-state index contributed by atoms with van der Waals surface area (Å²) >= 11 is 1.82. The van der Waals surface area contributed by atoms with E-state index in [-0.39, 0.29) is 19.0 Å². The number of thioether (sulfide) groups is 1. The second kappa shape index (κ2) is 10.6. The van der Waals surface area contributed by atoms with Gasteiger partial charge < -0.3 is 15.4 Å². The first-order valence-corrected chi connectivity index (χ1v) is 12.2. The van der Waals surface area contributed by atoms with E-state index in [0.717, 1.165) is 29.3 Å². The van der Waals surface area contributed by atoms with Gasteiger partial charge in [-0.25, -0.2) is 9.18 Å². The molecule has 0 saturated carbocycles. The molecule has 2 unspecified atom stereocenters. The van der Waals surface area contributed by atoms with Gasteiger partial charge in [-0.15, -0.1) is 11.8 Å². The van der Waals surface area contributed by atoms with E-state index in [4.69, 9.17) is 4.74 Å². The van der Waals surface area contributed by atoms with Crippen LogP contribution in [0.2, 0.25) is 0 Å². The van der Waals surface area contributed by atoms with Crippen LogP contribution in [0.5, 0.6) is 0 Å². The van der Waals surface area contributed by atoms with Gasteiger partial charge in [-0.1, -0.05) is 24.3 Å². The molecule has 2 heterocycles. The SMILES string of the molecule is CC(=O)NC[C@H]1CN(c2ccc(-c3ccc(CNCC4SC(C)=NC4C)cc3)c(F)c2)C(=O)O1. The minimum atomic E-state index is -0.550. The van der Waals surface area contributed by atoms with Gasteiger partial charge >= 0.3 is 6.09 Å². The van der Waals surface area contributed by atoms with Crippen molar-refractivity contribution >= 4 is 34.5 Å². The molecule has 2 aromatic rings. The van der Waals surface area contributed by atoms with Crippen molar-refractivity contribution < 1.29 is 18.7 Å². The van der Waals surface area contributed by atoms with Crippen LogP contribution in [0.25, 0.3) is 11.1 Å². The highest BCUT2D eigenvalue weighted by molar-refractivity contribution is 8.14. The number of halogens is 1. The van der Waals surface area contributed by atoms with Crippen LogP contribution < -0.4 is 15.5 Å². The highest BCUT2D eigenvalue weighted by Crippen LogP contribution is 2.29.